The van der Waals surface area contributed by atoms with E-state index in [0.717, 1.165) is 0 Å². The number of sulfonamides is 1. The first-order valence-electron chi connectivity index (χ1n) is 8.71. The number of hydrogen-bond acceptors (Lipinski definition) is 5. The highest BCUT2D eigenvalue weighted by Crippen LogP contribution is 2.25. The van der Waals surface area contributed by atoms with Crippen LogP contribution in [0.3, 0.4) is 0 Å². The second kappa shape index (κ2) is 8.66. The number of amides is 1. The van der Waals surface area contributed by atoms with Crippen LogP contribution in [0.5, 0.6) is 5.75 Å². The molecule has 8 nitrogen and oxygen atoms in total. The molecular formula is C21H18N2O6S. The van der Waals surface area contributed by atoms with Crippen LogP contribution in [0.15, 0.2) is 77.7 Å². The summed E-state index contributed by atoms with van der Waals surface area (Å²) in [5, 5.41) is 11.6. The molecule has 0 saturated carbocycles. The molecule has 0 aliphatic carbocycles. The maximum atomic E-state index is 12.7. The Balaban J connectivity index is 1.78. The van der Waals surface area contributed by atoms with E-state index in [1.807, 2.05) is 0 Å². The fourth-order valence-corrected chi connectivity index (χ4v) is 3.90. The number of carboxylic acid groups (broad SMARTS) is 1. The van der Waals surface area contributed by atoms with Crippen molar-refractivity contribution in [2.75, 3.05) is 17.1 Å². The highest BCUT2D eigenvalue weighted by molar-refractivity contribution is 7.92. The maximum absolute atomic E-state index is 12.7. The molecule has 0 aromatic heterocycles. The SMILES string of the molecule is COc1ccccc1S(=O)(=O)Nc1cccc(C(=O)Nc2ccc(C(=O)O)cc2)c1. The largest absolute Gasteiger partial charge is 0.495 e. The molecule has 0 aliphatic heterocycles. The molecule has 0 fully saturated rings. The number of benzene rings is 3. The average molecular weight is 426 g/mol. The molecule has 0 spiro atoms. The molecule has 0 radical (unpaired) electrons. The normalized spacial score (nSPS) is 10.8. The minimum atomic E-state index is -3.93. The molecule has 154 valence electrons. The van der Waals surface area contributed by atoms with Gasteiger partial charge >= 0.3 is 5.97 Å². The van der Waals surface area contributed by atoms with Crippen molar-refractivity contribution >= 4 is 33.3 Å². The summed E-state index contributed by atoms with van der Waals surface area (Å²) >= 11 is 0. The smallest absolute Gasteiger partial charge is 0.335 e. The van der Waals surface area contributed by atoms with E-state index < -0.39 is 21.9 Å². The first kappa shape index (κ1) is 20.9. The van der Waals surface area contributed by atoms with Crippen molar-refractivity contribution in [3.63, 3.8) is 0 Å². The van der Waals surface area contributed by atoms with Gasteiger partial charge < -0.3 is 15.2 Å². The van der Waals surface area contributed by atoms with Crippen molar-refractivity contribution < 1.29 is 27.9 Å². The van der Waals surface area contributed by atoms with E-state index in [1.54, 1.807) is 18.2 Å². The summed E-state index contributed by atoms with van der Waals surface area (Å²) < 4.78 is 32.9. The number of carbonyl (C=O) groups is 2. The van der Waals surface area contributed by atoms with Gasteiger partial charge in [0.15, 0.2) is 0 Å². The van der Waals surface area contributed by atoms with Crippen LogP contribution in [0.25, 0.3) is 0 Å². The molecule has 30 heavy (non-hydrogen) atoms. The van der Waals surface area contributed by atoms with Crippen LogP contribution in [0.1, 0.15) is 20.7 Å². The van der Waals surface area contributed by atoms with Gasteiger partial charge in [0.1, 0.15) is 10.6 Å². The predicted molar refractivity (Wildman–Crippen MR) is 112 cm³/mol. The summed E-state index contributed by atoms with van der Waals surface area (Å²) in [6, 6.07) is 17.9. The first-order valence-corrected chi connectivity index (χ1v) is 10.2. The van der Waals surface area contributed by atoms with Gasteiger partial charge in [-0.3, -0.25) is 9.52 Å². The zero-order chi connectivity index (χ0) is 21.7. The van der Waals surface area contributed by atoms with Gasteiger partial charge in [0.05, 0.1) is 12.7 Å². The lowest BCUT2D eigenvalue weighted by atomic mass is 10.1. The minimum Gasteiger partial charge on any atom is -0.495 e. The van der Waals surface area contributed by atoms with Crippen molar-refractivity contribution in [3.05, 3.63) is 83.9 Å². The van der Waals surface area contributed by atoms with Crippen LogP contribution in [-0.4, -0.2) is 32.5 Å². The number of aromatic carboxylic acids is 1. The number of carboxylic acids is 1. The number of hydrogen-bond donors (Lipinski definition) is 3. The molecule has 0 bridgehead atoms. The quantitative estimate of drug-likeness (QED) is 0.532. The Hall–Kier alpha value is -3.85. The Bertz CT molecular complexity index is 1190. The molecule has 3 N–H and O–H groups in total. The van der Waals surface area contributed by atoms with Crippen molar-refractivity contribution in [2.24, 2.45) is 0 Å². The summed E-state index contributed by atoms with van der Waals surface area (Å²) in [6.45, 7) is 0. The topological polar surface area (TPSA) is 122 Å². The molecule has 3 rings (SSSR count). The molecule has 9 heteroatoms. The van der Waals surface area contributed by atoms with Crippen LogP contribution in [0.2, 0.25) is 0 Å². The third-order valence-electron chi connectivity index (χ3n) is 4.13. The lowest BCUT2D eigenvalue weighted by molar-refractivity contribution is 0.0696. The first-order chi connectivity index (χ1) is 14.3. The van der Waals surface area contributed by atoms with Crippen molar-refractivity contribution in [2.45, 2.75) is 4.90 Å². The summed E-state index contributed by atoms with van der Waals surface area (Å²) in [4.78, 5) is 23.4. The number of carbonyl (C=O) groups excluding carboxylic acids is 1. The van der Waals surface area contributed by atoms with Gasteiger partial charge in [-0.2, -0.15) is 0 Å². The Morgan fingerprint density at radius 1 is 0.867 bits per heavy atom. The van der Waals surface area contributed by atoms with Gasteiger partial charge in [-0.25, -0.2) is 13.2 Å². The van der Waals surface area contributed by atoms with Gasteiger partial charge in [0.25, 0.3) is 15.9 Å². The van der Waals surface area contributed by atoms with Gasteiger partial charge in [-0.15, -0.1) is 0 Å². The van der Waals surface area contributed by atoms with E-state index >= 15 is 0 Å². The number of anilines is 2. The second-order valence-electron chi connectivity index (χ2n) is 6.17. The molecule has 0 heterocycles. The number of ether oxygens (including phenoxy) is 1. The lowest BCUT2D eigenvalue weighted by Crippen LogP contribution is -2.16. The van der Waals surface area contributed by atoms with Crippen molar-refractivity contribution in [3.8, 4) is 5.75 Å². The molecule has 0 unspecified atom stereocenters. The third-order valence-corrected chi connectivity index (χ3v) is 5.55. The number of nitrogens with one attached hydrogen (secondary N) is 2. The number of methoxy groups -OCH3 is 1. The minimum absolute atomic E-state index is 0.0270. The van der Waals surface area contributed by atoms with Gasteiger partial charge in [0.2, 0.25) is 0 Å². The summed E-state index contributed by atoms with van der Waals surface area (Å²) in [6.07, 6.45) is 0. The molecule has 3 aromatic rings. The molecule has 0 aliphatic rings. The monoisotopic (exact) mass is 426 g/mol. The van der Waals surface area contributed by atoms with Crippen molar-refractivity contribution in [1.82, 2.24) is 0 Å². The Morgan fingerprint density at radius 2 is 1.57 bits per heavy atom. The molecule has 0 atom stereocenters. The standard InChI is InChI=1S/C21H18N2O6S/c1-29-18-7-2-3-8-19(18)30(27,28)23-17-6-4-5-15(13-17)20(24)22-16-11-9-14(10-12-16)21(25)26/h2-13,23H,1H3,(H,22,24)(H,25,26). The third kappa shape index (κ3) is 4.76. The fraction of sp³-hybridized carbons (Fsp3) is 0.0476. The molecular weight excluding hydrogens is 408 g/mol. The lowest BCUT2D eigenvalue weighted by Gasteiger charge is -2.12. The summed E-state index contributed by atoms with van der Waals surface area (Å²) in [5.41, 5.74) is 0.929. The molecule has 0 saturated heterocycles. The highest BCUT2D eigenvalue weighted by Gasteiger charge is 2.19. The predicted octanol–water partition coefficient (Wildman–Crippen LogP) is 3.45. The summed E-state index contributed by atoms with van der Waals surface area (Å²) in [5.74, 6) is -1.34. The highest BCUT2D eigenvalue weighted by atomic mass is 32.2. The zero-order valence-electron chi connectivity index (χ0n) is 15.8. The van der Waals surface area contributed by atoms with Crippen LogP contribution in [0, 0.1) is 0 Å². The van der Waals surface area contributed by atoms with Crippen LogP contribution < -0.4 is 14.8 Å². The van der Waals surface area contributed by atoms with E-state index in [-0.39, 0.29) is 27.5 Å². The van der Waals surface area contributed by atoms with Crippen LogP contribution in [0.4, 0.5) is 11.4 Å². The second-order valence-corrected chi connectivity index (χ2v) is 7.82. The Kier molecular flexibility index (Phi) is 6.03. The Morgan fingerprint density at radius 3 is 2.23 bits per heavy atom. The van der Waals surface area contributed by atoms with E-state index in [4.69, 9.17) is 9.84 Å². The zero-order valence-corrected chi connectivity index (χ0v) is 16.6. The fourth-order valence-electron chi connectivity index (χ4n) is 2.67. The van der Waals surface area contributed by atoms with Gasteiger partial charge in [-0.05, 0) is 54.6 Å². The Labute approximate surface area is 173 Å². The molecule has 3 aromatic carbocycles. The molecule has 1 amide bonds. The summed E-state index contributed by atoms with van der Waals surface area (Å²) in [7, 11) is -2.56. The van der Waals surface area contributed by atoms with E-state index in [1.165, 1.54) is 61.7 Å². The van der Waals surface area contributed by atoms with Crippen molar-refractivity contribution in [1.29, 1.82) is 0 Å². The number of rotatable bonds is 7. The van der Waals surface area contributed by atoms with Gasteiger partial charge in [-0.1, -0.05) is 18.2 Å². The van der Waals surface area contributed by atoms with Crippen LogP contribution >= 0.6 is 0 Å². The van der Waals surface area contributed by atoms with E-state index in [0.29, 0.717) is 5.69 Å². The van der Waals surface area contributed by atoms with Crippen LogP contribution in [-0.2, 0) is 10.0 Å². The van der Waals surface area contributed by atoms with E-state index in [9.17, 15) is 18.0 Å². The average Bonchev–Trinajstić information content (AvgIpc) is 2.74. The maximum Gasteiger partial charge on any atom is 0.335 e. The van der Waals surface area contributed by atoms with E-state index in [2.05, 4.69) is 10.0 Å². The number of para-hydroxylation sites is 1. The van der Waals surface area contributed by atoms with Gasteiger partial charge in [0, 0.05) is 16.9 Å².